The van der Waals surface area contributed by atoms with Gasteiger partial charge in [-0.3, -0.25) is 9.89 Å². The molecule has 7 heteroatoms. The number of amides is 1. The lowest BCUT2D eigenvalue weighted by Gasteiger charge is -2.05. The number of sulfone groups is 1. The summed E-state index contributed by atoms with van der Waals surface area (Å²) in [6.45, 7) is 0. The second-order valence-electron chi connectivity index (χ2n) is 5.24. The first-order chi connectivity index (χ1) is 9.93. The van der Waals surface area contributed by atoms with Crippen LogP contribution in [-0.4, -0.2) is 30.8 Å². The molecule has 1 fully saturated rings. The second kappa shape index (κ2) is 5.00. The molecule has 2 aromatic rings. The van der Waals surface area contributed by atoms with Crippen molar-refractivity contribution in [2.45, 2.75) is 23.7 Å². The van der Waals surface area contributed by atoms with E-state index in [9.17, 15) is 13.2 Å². The van der Waals surface area contributed by atoms with E-state index >= 15 is 0 Å². The quantitative estimate of drug-likeness (QED) is 0.903. The molecule has 3 rings (SSSR count). The van der Waals surface area contributed by atoms with Gasteiger partial charge in [-0.25, -0.2) is 8.42 Å². The van der Waals surface area contributed by atoms with E-state index in [1.807, 2.05) is 0 Å². The molecule has 0 saturated heterocycles. The lowest BCUT2D eigenvalue weighted by atomic mass is 10.2. The van der Waals surface area contributed by atoms with Crippen LogP contribution in [0.1, 0.15) is 34.9 Å². The summed E-state index contributed by atoms with van der Waals surface area (Å²) in [7, 11) is -3.30. The zero-order valence-corrected chi connectivity index (χ0v) is 12.3. The van der Waals surface area contributed by atoms with Crippen LogP contribution >= 0.6 is 0 Å². The molecule has 1 aromatic heterocycles. The van der Waals surface area contributed by atoms with Gasteiger partial charge in [0.05, 0.1) is 4.90 Å². The average Bonchev–Trinajstić information content (AvgIpc) is 3.15. The molecule has 6 nitrogen and oxygen atoms in total. The SMILES string of the molecule is CS(=O)(=O)c1cccc(NC(=O)c2cc(C3CC3)[nH]n2)c1. The Labute approximate surface area is 122 Å². The van der Waals surface area contributed by atoms with Gasteiger partial charge in [0.25, 0.3) is 5.91 Å². The van der Waals surface area contributed by atoms with Gasteiger partial charge in [-0.1, -0.05) is 6.07 Å². The molecular weight excluding hydrogens is 290 g/mol. The summed E-state index contributed by atoms with van der Waals surface area (Å²) in [5, 5.41) is 9.51. The first-order valence-corrected chi connectivity index (χ1v) is 8.49. The maximum absolute atomic E-state index is 12.1. The molecule has 0 atom stereocenters. The van der Waals surface area contributed by atoms with Gasteiger partial charge in [-0.05, 0) is 37.1 Å². The Kier molecular flexibility index (Phi) is 3.29. The molecule has 0 bridgehead atoms. The molecule has 21 heavy (non-hydrogen) atoms. The number of nitrogens with zero attached hydrogens (tertiary/aromatic N) is 1. The Morgan fingerprint density at radius 1 is 1.33 bits per heavy atom. The van der Waals surface area contributed by atoms with Gasteiger partial charge < -0.3 is 5.32 Å². The average molecular weight is 305 g/mol. The highest BCUT2D eigenvalue weighted by molar-refractivity contribution is 7.90. The summed E-state index contributed by atoms with van der Waals surface area (Å²) in [6.07, 6.45) is 3.38. The van der Waals surface area contributed by atoms with Gasteiger partial charge in [0.1, 0.15) is 0 Å². The van der Waals surface area contributed by atoms with Crippen LogP contribution < -0.4 is 5.32 Å². The molecule has 1 aliphatic rings. The van der Waals surface area contributed by atoms with E-state index in [2.05, 4.69) is 15.5 Å². The lowest BCUT2D eigenvalue weighted by molar-refractivity contribution is 0.102. The van der Waals surface area contributed by atoms with Crippen LogP contribution in [0.5, 0.6) is 0 Å². The van der Waals surface area contributed by atoms with Crippen molar-refractivity contribution in [2.24, 2.45) is 0 Å². The van der Waals surface area contributed by atoms with E-state index in [1.54, 1.807) is 18.2 Å². The summed E-state index contributed by atoms with van der Waals surface area (Å²) >= 11 is 0. The standard InChI is InChI=1S/C14H15N3O3S/c1-21(19,20)11-4-2-3-10(7-11)15-14(18)13-8-12(16-17-13)9-5-6-9/h2-4,7-9H,5-6H2,1H3,(H,15,18)(H,16,17). The number of hydrogen-bond acceptors (Lipinski definition) is 4. The Bertz CT molecular complexity index is 791. The number of benzene rings is 1. The second-order valence-corrected chi connectivity index (χ2v) is 7.25. The highest BCUT2D eigenvalue weighted by Gasteiger charge is 2.26. The normalized spacial score (nSPS) is 14.9. The van der Waals surface area contributed by atoms with Crippen LogP contribution in [-0.2, 0) is 9.84 Å². The Balaban J connectivity index is 1.77. The maximum Gasteiger partial charge on any atom is 0.276 e. The summed E-state index contributed by atoms with van der Waals surface area (Å²) in [6, 6.07) is 7.90. The molecular formula is C14H15N3O3S. The Morgan fingerprint density at radius 2 is 2.10 bits per heavy atom. The molecule has 110 valence electrons. The molecule has 1 saturated carbocycles. The summed E-state index contributed by atoms with van der Waals surface area (Å²) in [5.74, 6) is 0.136. The van der Waals surface area contributed by atoms with Crippen molar-refractivity contribution in [3.8, 4) is 0 Å². The molecule has 1 amide bonds. The Morgan fingerprint density at radius 3 is 2.76 bits per heavy atom. The molecule has 0 aliphatic heterocycles. The fourth-order valence-electron chi connectivity index (χ4n) is 2.06. The smallest absolute Gasteiger partial charge is 0.276 e. The predicted molar refractivity (Wildman–Crippen MR) is 78.1 cm³/mol. The van der Waals surface area contributed by atoms with E-state index in [-0.39, 0.29) is 10.8 Å². The molecule has 1 aliphatic carbocycles. The maximum atomic E-state index is 12.1. The number of anilines is 1. The zero-order chi connectivity index (χ0) is 15.0. The lowest BCUT2D eigenvalue weighted by Crippen LogP contribution is -2.12. The van der Waals surface area contributed by atoms with Gasteiger partial charge >= 0.3 is 0 Å². The molecule has 0 spiro atoms. The largest absolute Gasteiger partial charge is 0.321 e. The number of H-pyrrole nitrogens is 1. The van der Waals surface area contributed by atoms with Crippen molar-refractivity contribution < 1.29 is 13.2 Å². The molecule has 2 N–H and O–H groups in total. The topological polar surface area (TPSA) is 91.9 Å². The third kappa shape index (κ3) is 3.13. The minimum Gasteiger partial charge on any atom is -0.321 e. The monoisotopic (exact) mass is 305 g/mol. The van der Waals surface area contributed by atoms with Gasteiger partial charge in [0, 0.05) is 23.6 Å². The first kappa shape index (κ1) is 13.8. The Hall–Kier alpha value is -2.15. The highest BCUT2D eigenvalue weighted by atomic mass is 32.2. The van der Waals surface area contributed by atoms with E-state index < -0.39 is 9.84 Å². The number of aromatic nitrogens is 2. The summed E-state index contributed by atoms with van der Waals surface area (Å²) in [5.41, 5.74) is 1.71. The van der Waals surface area contributed by atoms with Crippen LogP contribution in [0.4, 0.5) is 5.69 Å². The number of aromatic amines is 1. The van der Waals surface area contributed by atoms with Crippen molar-refractivity contribution in [1.29, 1.82) is 0 Å². The number of nitrogens with one attached hydrogen (secondary N) is 2. The highest BCUT2D eigenvalue weighted by Crippen LogP contribution is 2.39. The van der Waals surface area contributed by atoms with Crippen LogP contribution in [0.3, 0.4) is 0 Å². The van der Waals surface area contributed by atoms with E-state index in [1.165, 1.54) is 12.1 Å². The molecule has 0 unspecified atom stereocenters. The minimum absolute atomic E-state index is 0.168. The van der Waals surface area contributed by atoms with E-state index in [0.29, 0.717) is 17.3 Å². The fourth-order valence-corrected chi connectivity index (χ4v) is 2.72. The zero-order valence-electron chi connectivity index (χ0n) is 11.5. The minimum atomic E-state index is -3.30. The summed E-state index contributed by atoms with van der Waals surface area (Å²) in [4.78, 5) is 12.3. The van der Waals surface area contributed by atoms with Crippen molar-refractivity contribution in [1.82, 2.24) is 10.2 Å². The molecule has 0 radical (unpaired) electrons. The van der Waals surface area contributed by atoms with Gasteiger partial charge in [-0.2, -0.15) is 5.10 Å². The van der Waals surface area contributed by atoms with Crippen molar-refractivity contribution >= 4 is 21.4 Å². The third-order valence-corrected chi connectivity index (χ3v) is 4.48. The number of rotatable bonds is 4. The van der Waals surface area contributed by atoms with Crippen LogP contribution in [0, 0.1) is 0 Å². The van der Waals surface area contributed by atoms with Crippen LogP contribution in [0.2, 0.25) is 0 Å². The third-order valence-electron chi connectivity index (χ3n) is 3.37. The number of hydrogen-bond donors (Lipinski definition) is 2. The van der Waals surface area contributed by atoms with E-state index in [4.69, 9.17) is 0 Å². The summed E-state index contributed by atoms with van der Waals surface area (Å²) < 4.78 is 23.0. The first-order valence-electron chi connectivity index (χ1n) is 6.60. The number of carbonyl (C=O) groups excluding carboxylic acids is 1. The van der Waals surface area contributed by atoms with E-state index in [0.717, 1.165) is 24.8 Å². The van der Waals surface area contributed by atoms with Gasteiger partial charge in [0.15, 0.2) is 15.5 Å². The van der Waals surface area contributed by atoms with Crippen LogP contribution in [0.15, 0.2) is 35.2 Å². The number of carbonyl (C=O) groups is 1. The van der Waals surface area contributed by atoms with Crippen molar-refractivity contribution in [3.05, 3.63) is 41.7 Å². The molecule has 1 heterocycles. The van der Waals surface area contributed by atoms with Crippen LogP contribution in [0.25, 0.3) is 0 Å². The van der Waals surface area contributed by atoms with Crippen molar-refractivity contribution in [3.63, 3.8) is 0 Å². The fraction of sp³-hybridized carbons (Fsp3) is 0.286. The predicted octanol–water partition coefficient (Wildman–Crippen LogP) is 1.94. The van der Waals surface area contributed by atoms with Gasteiger partial charge in [-0.15, -0.1) is 0 Å². The molecule has 1 aromatic carbocycles. The van der Waals surface area contributed by atoms with Crippen molar-refractivity contribution in [2.75, 3.05) is 11.6 Å². The van der Waals surface area contributed by atoms with Gasteiger partial charge in [0.2, 0.25) is 0 Å².